The number of ether oxygens (including phenoxy) is 1. The van der Waals surface area contributed by atoms with E-state index in [1.807, 2.05) is 58.0 Å². The molecule has 0 saturated carbocycles. The third-order valence-corrected chi connectivity index (χ3v) is 6.62. The summed E-state index contributed by atoms with van der Waals surface area (Å²) in [5, 5.41) is 42.2. The number of nitrogens with zero attached hydrogens (tertiary/aromatic N) is 4. The van der Waals surface area contributed by atoms with E-state index in [4.69, 9.17) is 10.5 Å². The number of hydrogen-bond donors (Lipinski definition) is 3. The number of aryl methyl sites for hydroxylation is 4. The van der Waals surface area contributed by atoms with Gasteiger partial charge in [0.1, 0.15) is 22.9 Å². The van der Waals surface area contributed by atoms with E-state index in [2.05, 4.69) is 20.5 Å². The van der Waals surface area contributed by atoms with E-state index in [1.165, 1.54) is 0 Å². The lowest BCUT2D eigenvalue weighted by molar-refractivity contribution is 0.416. The van der Waals surface area contributed by atoms with Crippen LogP contribution >= 0.6 is 0 Å². The number of methoxy groups -OCH3 is 1. The molecule has 0 amide bonds. The zero-order valence-corrected chi connectivity index (χ0v) is 22.4. The Morgan fingerprint density at radius 3 is 2.10 bits per heavy atom. The molecule has 0 atom stereocenters. The Bertz CT molecular complexity index is 1820. The standard InChI is InChI=1S/C31H29N5O3/c1-16-8-21-9-17(2)11-27(37)29(21)26(10-16)35-33-24-15-28(39-5)25(13-18(24)3)34-36-30-19(4)12-20-6-7-22(32)14-23(20)31(30)38/h6-15,37-38H,32H2,1-5H3. The summed E-state index contributed by atoms with van der Waals surface area (Å²) in [7, 11) is 1.54. The normalized spacial score (nSPS) is 11.8. The Morgan fingerprint density at radius 2 is 1.36 bits per heavy atom. The lowest BCUT2D eigenvalue weighted by Gasteiger charge is -2.10. The number of nitrogens with two attached hydrogens (primary N) is 1. The average Bonchev–Trinajstić information content (AvgIpc) is 2.87. The number of hydrogen-bond acceptors (Lipinski definition) is 8. The number of phenols is 2. The van der Waals surface area contributed by atoms with Crippen molar-refractivity contribution in [1.29, 1.82) is 0 Å². The number of anilines is 1. The quantitative estimate of drug-likeness (QED) is 0.158. The summed E-state index contributed by atoms with van der Waals surface area (Å²) < 4.78 is 5.58. The van der Waals surface area contributed by atoms with Crippen LogP contribution in [0.5, 0.6) is 17.2 Å². The van der Waals surface area contributed by atoms with Crippen LogP contribution in [-0.2, 0) is 0 Å². The molecule has 0 aliphatic heterocycles. The number of azo groups is 2. The van der Waals surface area contributed by atoms with E-state index < -0.39 is 0 Å². The Kier molecular flexibility index (Phi) is 6.62. The fourth-order valence-electron chi connectivity index (χ4n) is 4.71. The van der Waals surface area contributed by atoms with Crippen molar-refractivity contribution in [2.24, 2.45) is 20.5 Å². The molecule has 0 bridgehead atoms. The second kappa shape index (κ2) is 10.1. The van der Waals surface area contributed by atoms with Gasteiger partial charge in [0.15, 0.2) is 5.75 Å². The van der Waals surface area contributed by atoms with Gasteiger partial charge in [0.2, 0.25) is 0 Å². The number of benzene rings is 5. The smallest absolute Gasteiger partial charge is 0.151 e. The molecule has 5 rings (SSSR count). The third kappa shape index (κ3) is 4.96. The predicted octanol–water partition coefficient (Wildman–Crippen LogP) is 9.06. The lowest BCUT2D eigenvalue weighted by Crippen LogP contribution is -1.87. The molecule has 0 saturated heterocycles. The van der Waals surface area contributed by atoms with Crippen LogP contribution in [0.4, 0.5) is 28.4 Å². The van der Waals surface area contributed by atoms with Gasteiger partial charge in [-0.1, -0.05) is 18.2 Å². The number of rotatable bonds is 5. The van der Waals surface area contributed by atoms with Crippen LogP contribution in [0.3, 0.4) is 0 Å². The maximum absolute atomic E-state index is 10.9. The van der Waals surface area contributed by atoms with Crippen molar-refractivity contribution in [3.8, 4) is 17.2 Å². The Hall–Kier alpha value is -4.98. The second-order valence-corrected chi connectivity index (χ2v) is 9.75. The minimum atomic E-state index is 0.0194. The van der Waals surface area contributed by atoms with Gasteiger partial charge in [-0.2, -0.15) is 5.11 Å². The van der Waals surface area contributed by atoms with E-state index in [-0.39, 0.29) is 11.5 Å². The van der Waals surface area contributed by atoms with Crippen LogP contribution < -0.4 is 10.5 Å². The van der Waals surface area contributed by atoms with Gasteiger partial charge in [-0.15, -0.1) is 15.3 Å². The summed E-state index contributed by atoms with van der Waals surface area (Å²) >= 11 is 0. The molecule has 4 N–H and O–H groups in total. The van der Waals surface area contributed by atoms with Crippen LogP contribution in [0.1, 0.15) is 22.3 Å². The highest BCUT2D eigenvalue weighted by Crippen LogP contribution is 2.42. The molecule has 0 aromatic heterocycles. The number of phenolic OH excluding ortho intramolecular Hbond substituents is 2. The third-order valence-electron chi connectivity index (χ3n) is 6.62. The Morgan fingerprint density at radius 1 is 0.667 bits per heavy atom. The number of aromatic hydroxyl groups is 2. The van der Waals surface area contributed by atoms with Crippen molar-refractivity contribution < 1.29 is 14.9 Å². The summed E-state index contributed by atoms with van der Waals surface area (Å²) in [6.45, 7) is 7.68. The van der Waals surface area contributed by atoms with E-state index >= 15 is 0 Å². The minimum absolute atomic E-state index is 0.0194. The van der Waals surface area contributed by atoms with Crippen molar-refractivity contribution in [3.05, 3.63) is 82.9 Å². The molecule has 5 aromatic carbocycles. The van der Waals surface area contributed by atoms with Crippen LogP contribution in [0, 0.1) is 27.7 Å². The SMILES string of the molecule is COc1cc(N=Nc2cc(C)cc3cc(C)cc(O)c23)c(C)cc1N=Nc1c(C)cc2ccc(N)cc2c1O. The summed E-state index contributed by atoms with van der Waals surface area (Å²) in [5.41, 5.74) is 12.0. The topological polar surface area (TPSA) is 125 Å². The minimum Gasteiger partial charge on any atom is -0.507 e. The van der Waals surface area contributed by atoms with E-state index in [0.29, 0.717) is 45.0 Å². The molecule has 5 aromatic rings. The highest BCUT2D eigenvalue weighted by Gasteiger charge is 2.13. The van der Waals surface area contributed by atoms with Gasteiger partial charge in [-0.05, 0) is 97.1 Å². The van der Waals surface area contributed by atoms with Gasteiger partial charge in [0, 0.05) is 17.1 Å². The fraction of sp³-hybridized carbons (Fsp3) is 0.161. The van der Waals surface area contributed by atoms with E-state index in [1.54, 1.807) is 37.4 Å². The first-order chi connectivity index (χ1) is 18.6. The molecule has 8 nitrogen and oxygen atoms in total. The maximum Gasteiger partial charge on any atom is 0.151 e. The molecule has 0 spiro atoms. The van der Waals surface area contributed by atoms with Crippen LogP contribution in [0.2, 0.25) is 0 Å². The van der Waals surface area contributed by atoms with Crippen molar-refractivity contribution >= 4 is 50.0 Å². The first kappa shape index (κ1) is 25.7. The Balaban J connectivity index is 1.52. The van der Waals surface area contributed by atoms with Crippen molar-refractivity contribution in [1.82, 2.24) is 0 Å². The largest absolute Gasteiger partial charge is 0.507 e. The molecule has 0 aliphatic carbocycles. The van der Waals surface area contributed by atoms with Crippen LogP contribution in [0.25, 0.3) is 21.5 Å². The molecule has 8 heteroatoms. The molecule has 39 heavy (non-hydrogen) atoms. The number of nitrogen functional groups attached to an aromatic ring is 1. The molecular weight excluding hydrogens is 490 g/mol. The summed E-state index contributed by atoms with van der Waals surface area (Å²) in [4.78, 5) is 0. The van der Waals surface area contributed by atoms with Gasteiger partial charge >= 0.3 is 0 Å². The molecule has 0 heterocycles. The predicted molar refractivity (Wildman–Crippen MR) is 156 cm³/mol. The van der Waals surface area contributed by atoms with Crippen molar-refractivity contribution in [3.63, 3.8) is 0 Å². The van der Waals surface area contributed by atoms with Gasteiger partial charge in [0.05, 0.1) is 23.9 Å². The zero-order valence-electron chi connectivity index (χ0n) is 22.4. The van der Waals surface area contributed by atoms with Crippen molar-refractivity contribution in [2.45, 2.75) is 27.7 Å². The second-order valence-electron chi connectivity index (χ2n) is 9.75. The maximum atomic E-state index is 10.9. The molecule has 0 aliphatic rings. The summed E-state index contributed by atoms with van der Waals surface area (Å²) in [6, 6.07) is 18.5. The summed E-state index contributed by atoms with van der Waals surface area (Å²) in [5.74, 6) is 0.637. The van der Waals surface area contributed by atoms with Gasteiger partial charge in [-0.3, -0.25) is 0 Å². The van der Waals surface area contributed by atoms with Gasteiger partial charge in [0.25, 0.3) is 0 Å². The molecule has 0 fully saturated rings. The van der Waals surface area contributed by atoms with Crippen molar-refractivity contribution in [2.75, 3.05) is 12.8 Å². The summed E-state index contributed by atoms with van der Waals surface area (Å²) in [6.07, 6.45) is 0. The average molecular weight is 520 g/mol. The monoisotopic (exact) mass is 519 g/mol. The van der Waals surface area contributed by atoms with Crippen LogP contribution in [-0.4, -0.2) is 17.3 Å². The fourth-order valence-corrected chi connectivity index (χ4v) is 4.71. The van der Waals surface area contributed by atoms with E-state index in [0.717, 1.165) is 33.0 Å². The van der Waals surface area contributed by atoms with Gasteiger partial charge in [-0.25, -0.2) is 0 Å². The lowest BCUT2D eigenvalue weighted by atomic mass is 10.0. The van der Waals surface area contributed by atoms with Crippen LogP contribution in [0.15, 0.2) is 81.1 Å². The molecule has 0 radical (unpaired) electrons. The first-order valence-corrected chi connectivity index (χ1v) is 12.4. The number of fused-ring (bicyclic) bond motifs is 2. The Labute approximate surface area is 226 Å². The molecule has 0 unspecified atom stereocenters. The van der Waals surface area contributed by atoms with E-state index in [9.17, 15) is 10.2 Å². The molecule has 196 valence electrons. The molecular formula is C31H29N5O3. The zero-order chi connectivity index (χ0) is 27.8. The highest BCUT2D eigenvalue weighted by atomic mass is 16.5. The van der Waals surface area contributed by atoms with Gasteiger partial charge < -0.3 is 20.7 Å². The highest BCUT2D eigenvalue weighted by molar-refractivity contribution is 5.98. The first-order valence-electron chi connectivity index (χ1n) is 12.4.